The number of rotatable bonds is 41. The standard InChI is InChI=1S/C44H81O10P/c1-3-5-7-9-11-13-15-17-19-20-22-23-25-27-29-31-33-35-43(47)51-39-42(40-53-55(49,50)52-38-41(46)37-45)54-44(48)36-34-32-30-28-26-24-21-18-16-14-12-10-8-6-4-2/h12,14,18,21,26,28,41-42,45-46H,3-11,13,15-17,19-20,22-25,27,29-40H2,1-2H3,(H,49,50)/b14-12+,21-18+,28-26+/t41-,42+/m0/s1. The maximum absolute atomic E-state index is 12.6. The molecule has 0 spiro atoms. The maximum atomic E-state index is 12.6. The van der Waals surface area contributed by atoms with Crippen LogP contribution in [-0.2, 0) is 32.7 Å². The first kappa shape index (κ1) is 53.2. The van der Waals surface area contributed by atoms with E-state index in [1.165, 1.54) is 103 Å². The van der Waals surface area contributed by atoms with E-state index < -0.39 is 51.8 Å². The van der Waals surface area contributed by atoms with Crippen molar-refractivity contribution in [2.45, 2.75) is 206 Å². The zero-order valence-corrected chi connectivity index (χ0v) is 35.8. The minimum atomic E-state index is -4.62. The van der Waals surface area contributed by atoms with Gasteiger partial charge in [-0.3, -0.25) is 18.6 Å². The van der Waals surface area contributed by atoms with E-state index in [-0.39, 0.29) is 19.4 Å². The van der Waals surface area contributed by atoms with Crippen molar-refractivity contribution in [3.8, 4) is 0 Å². The first-order valence-corrected chi connectivity index (χ1v) is 23.4. The lowest BCUT2D eigenvalue weighted by Gasteiger charge is -2.20. The fourth-order valence-electron chi connectivity index (χ4n) is 5.88. The molecule has 0 aromatic rings. The van der Waals surface area contributed by atoms with E-state index in [0.717, 1.165) is 51.4 Å². The fraction of sp³-hybridized carbons (Fsp3) is 0.818. The van der Waals surface area contributed by atoms with Crippen LogP contribution in [0.3, 0.4) is 0 Å². The summed E-state index contributed by atoms with van der Waals surface area (Å²) < 4.78 is 32.7. The highest BCUT2D eigenvalue weighted by Gasteiger charge is 2.27. The molecule has 3 N–H and O–H groups in total. The number of allylic oxidation sites excluding steroid dienone is 6. The molecule has 0 aliphatic carbocycles. The molecule has 55 heavy (non-hydrogen) atoms. The Labute approximate surface area is 335 Å². The van der Waals surface area contributed by atoms with Crippen LogP contribution in [0.5, 0.6) is 0 Å². The molecular weight excluding hydrogens is 719 g/mol. The zero-order chi connectivity index (χ0) is 40.5. The Morgan fingerprint density at radius 3 is 1.45 bits per heavy atom. The largest absolute Gasteiger partial charge is 0.472 e. The van der Waals surface area contributed by atoms with E-state index in [9.17, 15) is 24.2 Å². The molecule has 0 aliphatic rings. The van der Waals surface area contributed by atoms with E-state index in [0.29, 0.717) is 12.8 Å². The van der Waals surface area contributed by atoms with Crippen molar-refractivity contribution in [1.82, 2.24) is 0 Å². The van der Waals surface area contributed by atoms with Crippen molar-refractivity contribution < 1.29 is 47.8 Å². The van der Waals surface area contributed by atoms with Crippen LogP contribution in [0, 0.1) is 0 Å². The molecule has 0 amide bonds. The zero-order valence-electron chi connectivity index (χ0n) is 34.9. The van der Waals surface area contributed by atoms with Crippen LogP contribution >= 0.6 is 7.82 Å². The molecule has 0 aliphatic heterocycles. The molecule has 0 saturated heterocycles. The predicted octanol–water partition coefficient (Wildman–Crippen LogP) is 11.6. The van der Waals surface area contributed by atoms with Crippen LogP contribution in [-0.4, -0.2) is 65.7 Å². The maximum Gasteiger partial charge on any atom is 0.472 e. The van der Waals surface area contributed by atoms with E-state index in [2.05, 4.69) is 54.8 Å². The number of ether oxygens (including phenoxy) is 2. The lowest BCUT2D eigenvalue weighted by atomic mass is 10.0. The van der Waals surface area contributed by atoms with Crippen LogP contribution in [0.25, 0.3) is 0 Å². The van der Waals surface area contributed by atoms with Gasteiger partial charge in [0, 0.05) is 12.8 Å². The van der Waals surface area contributed by atoms with Gasteiger partial charge in [0.2, 0.25) is 0 Å². The van der Waals surface area contributed by atoms with Crippen LogP contribution in [0.15, 0.2) is 36.5 Å². The van der Waals surface area contributed by atoms with Gasteiger partial charge in [0.25, 0.3) is 0 Å². The Balaban J connectivity index is 4.32. The third-order valence-corrected chi connectivity index (χ3v) is 10.2. The van der Waals surface area contributed by atoms with Gasteiger partial charge in [-0.15, -0.1) is 0 Å². The van der Waals surface area contributed by atoms with E-state index >= 15 is 0 Å². The summed E-state index contributed by atoms with van der Waals surface area (Å²) in [5.41, 5.74) is 0. The SMILES string of the molecule is CCCCC/C=C/C/C=C/C/C=C/CCCCC(=O)O[C@H](COC(=O)CCCCCCCCCCCCCCCCCCC)COP(=O)(O)OC[C@@H](O)CO. The molecule has 0 heterocycles. The lowest BCUT2D eigenvalue weighted by Crippen LogP contribution is -2.29. The van der Waals surface area contributed by atoms with Gasteiger partial charge in [-0.1, -0.05) is 166 Å². The quantitative estimate of drug-likeness (QED) is 0.0236. The lowest BCUT2D eigenvalue weighted by molar-refractivity contribution is -0.161. The summed E-state index contributed by atoms with van der Waals surface area (Å²) >= 11 is 0. The molecule has 0 aromatic carbocycles. The molecule has 0 rings (SSSR count). The Morgan fingerprint density at radius 2 is 0.945 bits per heavy atom. The van der Waals surface area contributed by atoms with Crippen molar-refractivity contribution in [2.24, 2.45) is 0 Å². The molecule has 3 atom stereocenters. The molecule has 0 radical (unpaired) electrons. The molecule has 0 bridgehead atoms. The van der Waals surface area contributed by atoms with Crippen LogP contribution in [0.1, 0.15) is 194 Å². The number of carbonyl (C=O) groups excluding carboxylic acids is 2. The van der Waals surface area contributed by atoms with Crippen molar-refractivity contribution in [3.05, 3.63) is 36.5 Å². The topological polar surface area (TPSA) is 149 Å². The number of phosphoric acid groups is 1. The molecule has 11 heteroatoms. The highest BCUT2D eigenvalue weighted by Crippen LogP contribution is 2.43. The Bertz CT molecular complexity index is 1010. The Morgan fingerprint density at radius 1 is 0.545 bits per heavy atom. The van der Waals surface area contributed by atoms with Crippen LogP contribution in [0.4, 0.5) is 0 Å². The van der Waals surface area contributed by atoms with Gasteiger partial charge in [0.15, 0.2) is 6.10 Å². The van der Waals surface area contributed by atoms with Crippen molar-refractivity contribution in [3.63, 3.8) is 0 Å². The van der Waals surface area contributed by atoms with Gasteiger partial charge in [-0.25, -0.2) is 4.57 Å². The van der Waals surface area contributed by atoms with Crippen LogP contribution in [0.2, 0.25) is 0 Å². The number of carbonyl (C=O) groups is 2. The molecule has 322 valence electrons. The Kier molecular flexibility index (Phi) is 39.1. The molecule has 0 fully saturated rings. The average molecular weight is 801 g/mol. The van der Waals surface area contributed by atoms with Gasteiger partial charge in [0.1, 0.15) is 12.7 Å². The minimum Gasteiger partial charge on any atom is -0.462 e. The third kappa shape index (κ3) is 40.2. The fourth-order valence-corrected chi connectivity index (χ4v) is 6.67. The van der Waals surface area contributed by atoms with Crippen molar-refractivity contribution in [2.75, 3.05) is 26.4 Å². The van der Waals surface area contributed by atoms with E-state index in [1.807, 2.05) is 0 Å². The Hall–Kier alpha value is -1.81. The molecule has 1 unspecified atom stereocenters. The van der Waals surface area contributed by atoms with Gasteiger partial charge >= 0.3 is 19.8 Å². The van der Waals surface area contributed by atoms with Crippen molar-refractivity contribution >= 4 is 19.8 Å². The molecule has 10 nitrogen and oxygen atoms in total. The van der Waals surface area contributed by atoms with Gasteiger partial charge in [-0.2, -0.15) is 0 Å². The van der Waals surface area contributed by atoms with Gasteiger partial charge in [-0.05, 0) is 51.4 Å². The number of phosphoric ester groups is 1. The average Bonchev–Trinajstić information content (AvgIpc) is 3.17. The minimum absolute atomic E-state index is 0.137. The number of esters is 2. The first-order chi connectivity index (χ1) is 26.7. The number of aliphatic hydroxyl groups excluding tert-OH is 2. The second kappa shape index (κ2) is 40.4. The van der Waals surface area contributed by atoms with Crippen molar-refractivity contribution in [1.29, 1.82) is 0 Å². The summed E-state index contributed by atoms with van der Waals surface area (Å²) in [5, 5.41) is 18.3. The summed E-state index contributed by atoms with van der Waals surface area (Å²) in [6.45, 7) is 2.32. The van der Waals surface area contributed by atoms with Gasteiger partial charge < -0.3 is 24.6 Å². The normalized spacial score (nSPS) is 14.2. The number of aliphatic hydroxyl groups is 2. The number of unbranched alkanes of at least 4 members (excludes halogenated alkanes) is 21. The second-order valence-electron chi connectivity index (χ2n) is 14.7. The first-order valence-electron chi connectivity index (χ1n) is 21.9. The molecular formula is C44H81O10P. The summed E-state index contributed by atoms with van der Waals surface area (Å²) in [5.74, 6) is -0.964. The highest BCUT2D eigenvalue weighted by molar-refractivity contribution is 7.47. The summed E-state index contributed by atoms with van der Waals surface area (Å²) in [4.78, 5) is 35.0. The summed E-state index contributed by atoms with van der Waals surface area (Å²) in [6, 6.07) is 0. The summed E-state index contributed by atoms with van der Waals surface area (Å²) in [6.07, 6.45) is 41.1. The monoisotopic (exact) mass is 801 g/mol. The number of hydrogen-bond donors (Lipinski definition) is 3. The van der Waals surface area contributed by atoms with E-state index in [1.54, 1.807) is 0 Å². The predicted molar refractivity (Wildman–Crippen MR) is 224 cm³/mol. The number of hydrogen-bond acceptors (Lipinski definition) is 9. The second-order valence-corrected chi connectivity index (χ2v) is 16.2. The summed E-state index contributed by atoms with van der Waals surface area (Å²) in [7, 11) is -4.62. The smallest absolute Gasteiger partial charge is 0.462 e. The van der Waals surface area contributed by atoms with Gasteiger partial charge in [0.05, 0.1) is 19.8 Å². The molecule has 0 aromatic heterocycles. The van der Waals surface area contributed by atoms with Crippen LogP contribution < -0.4 is 0 Å². The third-order valence-electron chi connectivity index (χ3n) is 9.30. The van der Waals surface area contributed by atoms with E-state index in [4.69, 9.17) is 19.1 Å². The highest BCUT2D eigenvalue weighted by atomic mass is 31.2. The molecule has 0 saturated carbocycles.